The van der Waals surface area contributed by atoms with Crippen LogP contribution in [0, 0.1) is 17.8 Å². The highest BCUT2D eigenvalue weighted by molar-refractivity contribution is 5.01. The lowest BCUT2D eigenvalue weighted by atomic mass is 9.76. The fraction of sp³-hybridized carbons (Fsp3) is 1.00. The van der Waals surface area contributed by atoms with Gasteiger partial charge in [0.15, 0.2) is 0 Å². The van der Waals surface area contributed by atoms with Crippen molar-refractivity contribution in [2.24, 2.45) is 23.5 Å². The maximum atomic E-state index is 6.62. The van der Waals surface area contributed by atoms with E-state index in [-0.39, 0.29) is 11.2 Å². The monoisotopic (exact) mass is 253 g/mol. The van der Waals surface area contributed by atoms with E-state index in [1.54, 1.807) is 0 Å². The third-order valence-corrected chi connectivity index (χ3v) is 5.31. The number of ether oxygens (including phenoxy) is 1. The van der Waals surface area contributed by atoms with E-state index in [2.05, 4.69) is 34.6 Å². The molecule has 2 N–H and O–H groups in total. The molecule has 106 valence electrons. The molecule has 1 aliphatic carbocycles. The summed E-state index contributed by atoms with van der Waals surface area (Å²) in [5.41, 5.74) is 6.55. The van der Waals surface area contributed by atoms with E-state index in [9.17, 15) is 0 Å². The van der Waals surface area contributed by atoms with Gasteiger partial charge in [0.05, 0.1) is 11.2 Å². The Balaban J connectivity index is 2.03. The molecule has 0 radical (unpaired) electrons. The Morgan fingerprint density at radius 1 is 1.22 bits per heavy atom. The molecule has 2 nitrogen and oxygen atoms in total. The molecular formula is C16H31NO. The lowest BCUT2D eigenvalue weighted by Gasteiger charge is -2.34. The van der Waals surface area contributed by atoms with Crippen molar-refractivity contribution in [3.8, 4) is 0 Å². The Morgan fingerprint density at radius 3 is 2.33 bits per heavy atom. The Kier molecular flexibility index (Phi) is 3.81. The average Bonchev–Trinajstić information content (AvgIpc) is 2.79. The Morgan fingerprint density at radius 2 is 1.89 bits per heavy atom. The van der Waals surface area contributed by atoms with Crippen LogP contribution >= 0.6 is 0 Å². The van der Waals surface area contributed by atoms with Crippen LogP contribution in [-0.4, -0.2) is 17.2 Å². The first-order valence-corrected chi connectivity index (χ1v) is 7.71. The summed E-state index contributed by atoms with van der Waals surface area (Å²) in [4.78, 5) is 0. The minimum Gasteiger partial charge on any atom is -0.369 e. The third kappa shape index (κ3) is 2.75. The van der Waals surface area contributed by atoms with Gasteiger partial charge in [0, 0.05) is 12.0 Å². The molecule has 0 spiro atoms. The zero-order valence-electron chi connectivity index (χ0n) is 12.8. The molecule has 1 saturated carbocycles. The predicted octanol–water partition coefficient (Wildman–Crippen LogP) is 3.73. The normalized spacial score (nSPS) is 40.0. The topological polar surface area (TPSA) is 35.2 Å². The van der Waals surface area contributed by atoms with Gasteiger partial charge in [0.2, 0.25) is 0 Å². The molecule has 1 saturated heterocycles. The van der Waals surface area contributed by atoms with Crippen molar-refractivity contribution >= 4 is 0 Å². The molecule has 0 aromatic rings. The highest BCUT2D eigenvalue weighted by atomic mass is 16.5. The van der Waals surface area contributed by atoms with E-state index in [1.807, 2.05) is 0 Å². The molecular weight excluding hydrogens is 222 g/mol. The van der Waals surface area contributed by atoms with Crippen LogP contribution in [0.4, 0.5) is 0 Å². The van der Waals surface area contributed by atoms with Crippen LogP contribution in [0.5, 0.6) is 0 Å². The van der Waals surface area contributed by atoms with E-state index < -0.39 is 0 Å². The third-order valence-electron chi connectivity index (χ3n) is 5.31. The summed E-state index contributed by atoms with van der Waals surface area (Å²) in [6, 6.07) is 0.318. The lowest BCUT2D eigenvalue weighted by Crippen LogP contribution is -2.45. The molecule has 2 aliphatic rings. The summed E-state index contributed by atoms with van der Waals surface area (Å²) in [6.45, 7) is 11.2. The second-order valence-electron chi connectivity index (χ2n) is 7.70. The van der Waals surface area contributed by atoms with E-state index in [0.717, 1.165) is 18.3 Å². The maximum Gasteiger partial charge on any atom is 0.0677 e. The quantitative estimate of drug-likeness (QED) is 0.831. The van der Waals surface area contributed by atoms with Gasteiger partial charge in [-0.25, -0.2) is 0 Å². The first-order valence-electron chi connectivity index (χ1n) is 7.71. The summed E-state index contributed by atoms with van der Waals surface area (Å²) < 4.78 is 6.20. The van der Waals surface area contributed by atoms with Crippen LogP contribution in [0.25, 0.3) is 0 Å². The van der Waals surface area contributed by atoms with E-state index in [0.29, 0.717) is 12.0 Å². The van der Waals surface area contributed by atoms with Gasteiger partial charge in [-0.2, -0.15) is 0 Å². The number of hydrogen-bond donors (Lipinski definition) is 1. The highest BCUT2D eigenvalue weighted by Gasteiger charge is 2.50. The molecule has 1 aliphatic heterocycles. The molecule has 2 fully saturated rings. The molecule has 18 heavy (non-hydrogen) atoms. The summed E-state index contributed by atoms with van der Waals surface area (Å²) in [5, 5.41) is 0. The first-order chi connectivity index (χ1) is 8.25. The van der Waals surface area contributed by atoms with Crippen molar-refractivity contribution in [3.05, 3.63) is 0 Å². The second kappa shape index (κ2) is 4.79. The Labute approximate surface area is 113 Å². The van der Waals surface area contributed by atoms with Crippen LogP contribution in [-0.2, 0) is 4.74 Å². The van der Waals surface area contributed by atoms with Gasteiger partial charge in [-0.05, 0) is 58.8 Å². The van der Waals surface area contributed by atoms with Crippen molar-refractivity contribution in [2.45, 2.75) is 84.0 Å². The molecule has 0 bridgehead atoms. The fourth-order valence-corrected chi connectivity index (χ4v) is 4.37. The molecule has 2 heteroatoms. The Bertz CT molecular complexity index is 297. The summed E-state index contributed by atoms with van der Waals surface area (Å²) in [6.07, 6.45) is 6.47. The molecule has 4 unspecified atom stereocenters. The van der Waals surface area contributed by atoms with E-state index >= 15 is 0 Å². The number of hydrogen-bond acceptors (Lipinski definition) is 2. The summed E-state index contributed by atoms with van der Waals surface area (Å²) in [5.74, 6) is 2.14. The first kappa shape index (κ1) is 14.3. The van der Waals surface area contributed by atoms with Gasteiger partial charge < -0.3 is 10.5 Å². The molecule has 2 rings (SSSR count). The minimum absolute atomic E-state index is 0.00541. The van der Waals surface area contributed by atoms with E-state index in [4.69, 9.17) is 10.5 Å². The largest absolute Gasteiger partial charge is 0.369 e. The molecule has 4 atom stereocenters. The number of nitrogens with two attached hydrogens (primary N) is 1. The summed E-state index contributed by atoms with van der Waals surface area (Å²) >= 11 is 0. The van der Waals surface area contributed by atoms with Crippen LogP contribution in [0.15, 0.2) is 0 Å². The van der Waals surface area contributed by atoms with Crippen molar-refractivity contribution in [1.29, 1.82) is 0 Å². The lowest BCUT2D eigenvalue weighted by molar-refractivity contribution is -0.0781. The van der Waals surface area contributed by atoms with Crippen LogP contribution in [0.3, 0.4) is 0 Å². The minimum atomic E-state index is -0.0623. The van der Waals surface area contributed by atoms with Gasteiger partial charge in [-0.3, -0.25) is 0 Å². The molecule has 0 aromatic carbocycles. The zero-order chi connectivity index (χ0) is 13.6. The smallest absolute Gasteiger partial charge is 0.0677 e. The van der Waals surface area contributed by atoms with Crippen molar-refractivity contribution < 1.29 is 4.74 Å². The second-order valence-corrected chi connectivity index (χ2v) is 7.70. The zero-order valence-corrected chi connectivity index (χ0v) is 12.8. The van der Waals surface area contributed by atoms with Gasteiger partial charge in [0.1, 0.15) is 0 Å². The van der Waals surface area contributed by atoms with Crippen molar-refractivity contribution in [3.63, 3.8) is 0 Å². The average molecular weight is 253 g/mol. The standard InChI is InChI=1S/C16H31NO/c1-6-11-7-8-12(9-11)14(17)13-10-15(2,3)18-16(13,4)5/h11-14H,6-10,17H2,1-5H3. The highest BCUT2D eigenvalue weighted by Crippen LogP contribution is 2.47. The SMILES string of the molecule is CCC1CCC(C(N)C2CC(C)(C)OC2(C)C)C1. The fourth-order valence-electron chi connectivity index (χ4n) is 4.37. The predicted molar refractivity (Wildman–Crippen MR) is 76.4 cm³/mol. The van der Waals surface area contributed by atoms with Gasteiger partial charge in [0.25, 0.3) is 0 Å². The molecule has 0 aromatic heterocycles. The summed E-state index contributed by atoms with van der Waals surface area (Å²) in [7, 11) is 0. The van der Waals surface area contributed by atoms with Crippen LogP contribution in [0.1, 0.15) is 66.7 Å². The van der Waals surface area contributed by atoms with Gasteiger partial charge in [-0.1, -0.05) is 19.8 Å². The van der Waals surface area contributed by atoms with Gasteiger partial charge >= 0.3 is 0 Å². The molecule has 0 amide bonds. The Hall–Kier alpha value is -0.0800. The maximum absolute atomic E-state index is 6.62. The van der Waals surface area contributed by atoms with E-state index in [1.165, 1.54) is 25.7 Å². The number of rotatable bonds is 3. The van der Waals surface area contributed by atoms with Crippen molar-refractivity contribution in [1.82, 2.24) is 0 Å². The van der Waals surface area contributed by atoms with Crippen LogP contribution in [0.2, 0.25) is 0 Å². The van der Waals surface area contributed by atoms with Crippen LogP contribution < -0.4 is 5.73 Å². The molecule has 1 heterocycles. The van der Waals surface area contributed by atoms with Crippen molar-refractivity contribution in [2.75, 3.05) is 0 Å². The van der Waals surface area contributed by atoms with Gasteiger partial charge in [-0.15, -0.1) is 0 Å².